The highest BCUT2D eigenvalue weighted by Crippen LogP contribution is 2.69. The quantitative estimate of drug-likeness (QED) is 0.0770. The van der Waals surface area contributed by atoms with E-state index in [-0.39, 0.29) is 58.3 Å². The highest BCUT2D eigenvalue weighted by molar-refractivity contribution is 5.80. The lowest BCUT2D eigenvalue weighted by atomic mass is 9.50. The molecule has 8 bridgehead atoms. The number of carbonyl (C=O) groups is 2. The Morgan fingerprint density at radius 2 is 1.07 bits per heavy atom. The van der Waals surface area contributed by atoms with E-state index in [0.717, 1.165) is 6.92 Å². The van der Waals surface area contributed by atoms with Crippen molar-refractivity contribution in [2.75, 3.05) is 6.61 Å². The molecule has 0 spiro atoms. The molecule has 3 N–H and O–H groups in total. The average Bonchev–Trinajstić information content (AvgIpc) is 1.70. The standard InChI is InChI=1S/C56H74F18O11/c1-8-80-26(3)83-50(55(69,70)71,56(72,73)74)19-31-11-29-13-34(31)40-35(29)14-36(38(82-40)20-44(7,51(57,58)59)41(75)84-43(4,5)6)48(52(60,61)62,42(76)85-47-17-27-15-45(77,23-47)22-46(78,16-27)24-47)21-37-25(2)9-32-28-10-30(33(12-28)39(32)81-37)18-49(79,53(63,64)65)54(66,67)68/h25-40,77-79H,8-24H2,1-7H3. The normalized spacial score (nSPS) is 40.4. The van der Waals surface area contributed by atoms with Gasteiger partial charge in [0.25, 0.3) is 11.2 Å². The van der Waals surface area contributed by atoms with Crippen molar-refractivity contribution in [2.24, 2.45) is 75.9 Å². The first-order chi connectivity index (χ1) is 38.4. The molecule has 10 rings (SSSR count). The van der Waals surface area contributed by atoms with Crippen molar-refractivity contribution in [1.82, 2.24) is 0 Å². The molecule has 490 valence electrons. The first-order valence-electron chi connectivity index (χ1n) is 29.0. The lowest BCUT2D eigenvalue weighted by molar-refractivity contribution is -0.412. The molecule has 8 saturated carbocycles. The second kappa shape index (κ2) is 21.0. The van der Waals surface area contributed by atoms with Crippen molar-refractivity contribution in [3.8, 4) is 0 Å². The largest absolute Gasteiger partial charge is 0.459 e. The summed E-state index contributed by atoms with van der Waals surface area (Å²) in [5.74, 6) is -18.3. The Kier molecular flexibility index (Phi) is 16.5. The van der Waals surface area contributed by atoms with E-state index in [9.17, 15) is 46.5 Å². The predicted molar refractivity (Wildman–Crippen MR) is 257 cm³/mol. The van der Waals surface area contributed by atoms with Crippen molar-refractivity contribution in [2.45, 2.75) is 253 Å². The van der Waals surface area contributed by atoms with Crippen LogP contribution in [0.15, 0.2) is 0 Å². The summed E-state index contributed by atoms with van der Waals surface area (Å²) in [5, 5.41) is 33.7. The number of rotatable bonds is 16. The minimum atomic E-state index is -6.23. The molecule has 0 radical (unpaired) electrons. The van der Waals surface area contributed by atoms with E-state index in [4.69, 9.17) is 28.4 Å². The summed E-state index contributed by atoms with van der Waals surface area (Å²) in [4.78, 5) is 29.9. The number of aliphatic hydroxyl groups is 3. The molecule has 2 heterocycles. The van der Waals surface area contributed by atoms with Crippen LogP contribution in [0, 0.1) is 75.9 Å². The van der Waals surface area contributed by atoms with E-state index in [2.05, 4.69) is 0 Å². The number of alkyl halides is 18. The van der Waals surface area contributed by atoms with Gasteiger partial charge < -0.3 is 43.7 Å². The first kappa shape index (κ1) is 66.8. The third kappa shape index (κ3) is 11.4. The summed E-state index contributed by atoms with van der Waals surface area (Å²) in [6.45, 7) is 6.85. The average molecular weight is 1270 g/mol. The Hall–Kier alpha value is -2.60. The molecule has 0 aromatic carbocycles. The molecule has 19 atom stereocenters. The number of carbonyl (C=O) groups excluding carboxylic acids is 2. The van der Waals surface area contributed by atoms with Gasteiger partial charge >= 0.3 is 49.0 Å². The molecule has 11 nitrogen and oxygen atoms in total. The van der Waals surface area contributed by atoms with Gasteiger partial charge in [-0.3, -0.25) is 9.59 Å². The predicted octanol–water partition coefficient (Wildman–Crippen LogP) is 13.0. The minimum absolute atomic E-state index is 0.0398. The third-order valence-corrected chi connectivity index (χ3v) is 21.5. The maximum atomic E-state index is 17.6. The Bertz CT molecular complexity index is 2440. The van der Waals surface area contributed by atoms with E-state index in [1.165, 1.54) is 34.6 Å². The van der Waals surface area contributed by atoms with E-state index in [1.54, 1.807) is 0 Å². The molecule has 29 heteroatoms. The number of ether oxygens (including phenoxy) is 6. The maximum absolute atomic E-state index is 17.6. The van der Waals surface area contributed by atoms with Gasteiger partial charge in [0.05, 0.1) is 35.6 Å². The second-order valence-corrected chi connectivity index (χ2v) is 28.4. The monoisotopic (exact) mass is 1260 g/mol. The summed E-state index contributed by atoms with van der Waals surface area (Å²) in [5.41, 5.74) is -25.5. The second-order valence-electron chi connectivity index (χ2n) is 28.4. The van der Waals surface area contributed by atoms with Gasteiger partial charge in [-0.1, -0.05) is 6.92 Å². The molecular weight excluding hydrogens is 1190 g/mol. The topological polar surface area (TPSA) is 150 Å². The molecule has 0 aromatic heterocycles. The maximum Gasteiger partial charge on any atom is 0.426 e. The van der Waals surface area contributed by atoms with Crippen molar-refractivity contribution < 1.29 is 132 Å². The molecule has 19 unspecified atom stereocenters. The number of esters is 2. The summed E-state index contributed by atoms with van der Waals surface area (Å²) in [6.07, 6.45) is -57.3. The lowest BCUT2D eigenvalue weighted by Gasteiger charge is -2.63. The SMILES string of the molecule is CCOC(C)OC(CC1CC2CC1C1OC(CC(C)(C(=O)OC(C)(C)C)C(F)(F)F)C(C(CC3OC4C(CC3C)C3CC(CC(O)(C(F)(F)F)C(F)(F)F)C4C3)(C(=O)OC34CC5CC(O)(CC(O)(C5)C3)C4)C(F)(F)F)CC21)(C(F)(F)F)C(F)(F)F. The Morgan fingerprint density at radius 1 is 0.576 bits per heavy atom. The van der Waals surface area contributed by atoms with E-state index in [0.29, 0.717) is 0 Å². The Labute approximate surface area is 478 Å². The van der Waals surface area contributed by atoms with Gasteiger partial charge in [-0.25, -0.2) is 0 Å². The fraction of sp³-hybridized carbons (Fsp3) is 0.964. The van der Waals surface area contributed by atoms with Gasteiger partial charge in [-0.15, -0.1) is 0 Å². The molecule has 2 saturated heterocycles. The molecule has 0 aromatic rings. The van der Waals surface area contributed by atoms with Crippen LogP contribution in [0.3, 0.4) is 0 Å². The van der Waals surface area contributed by atoms with Crippen LogP contribution in [0.5, 0.6) is 0 Å². The molecule has 8 aliphatic carbocycles. The van der Waals surface area contributed by atoms with Crippen LogP contribution >= 0.6 is 0 Å². The molecule has 10 aliphatic rings. The van der Waals surface area contributed by atoms with E-state index in [1.807, 2.05) is 0 Å². The number of fused-ring (bicyclic) bond motifs is 10. The van der Waals surface area contributed by atoms with Gasteiger partial charge in [0, 0.05) is 31.8 Å². The Morgan fingerprint density at radius 3 is 1.52 bits per heavy atom. The lowest BCUT2D eigenvalue weighted by Crippen LogP contribution is -2.69. The first-order valence-corrected chi connectivity index (χ1v) is 29.0. The van der Waals surface area contributed by atoms with Crippen LogP contribution in [0.4, 0.5) is 79.0 Å². The number of hydrogen-bond donors (Lipinski definition) is 3. The summed E-state index contributed by atoms with van der Waals surface area (Å²) < 4.78 is 309. The summed E-state index contributed by atoms with van der Waals surface area (Å²) in [6, 6.07) is 0. The van der Waals surface area contributed by atoms with Crippen LogP contribution in [0.2, 0.25) is 0 Å². The smallest absolute Gasteiger partial charge is 0.426 e. The number of hydrogen-bond acceptors (Lipinski definition) is 11. The zero-order valence-corrected chi connectivity index (χ0v) is 47.7. The number of halogens is 18. The zero-order valence-electron chi connectivity index (χ0n) is 47.7. The molecule has 0 amide bonds. The Balaban J connectivity index is 1.16. The van der Waals surface area contributed by atoms with Crippen molar-refractivity contribution in [1.29, 1.82) is 0 Å². The van der Waals surface area contributed by atoms with Gasteiger partial charge in [-0.2, -0.15) is 79.0 Å². The summed E-state index contributed by atoms with van der Waals surface area (Å²) in [7, 11) is 0. The van der Waals surface area contributed by atoms with Crippen molar-refractivity contribution >= 4 is 11.9 Å². The van der Waals surface area contributed by atoms with Crippen LogP contribution in [-0.4, -0.2) is 135 Å². The minimum Gasteiger partial charge on any atom is -0.459 e. The molecule has 85 heavy (non-hydrogen) atoms. The van der Waals surface area contributed by atoms with Gasteiger partial charge in [0.2, 0.25) is 0 Å². The molecule has 10 fully saturated rings. The fourth-order valence-corrected chi connectivity index (χ4v) is 18.4. The van der Waals surface area contributed by atoms with Gasteiger partial charge in [0.15, 0.2) is 17.1 Å². The fourth-order valence-electron chi connectivity index (χ4n) is 18.4. The highest BCUT2D eigenvalue weighted by atomic mass is 19.4. The van der Waals surface area contributed by atoms with Crippen LogP contribution in [0.1, 0.15) is 151 Å². The van der Waals surface area contributed by atoms with Gasteiger partial charge in [-0.05, 0) is 184 Å². The zero-order chi connectivity index (χ0) is 63.7. The van der Waals surface area contributed by atoms with E-state index < -0.39 is 247 Å². The third-order valence-electron chi connectivity index (χ3n) is 21.5. The van der Waals surface area contributed by atoms with Crippen molar-refractivity contribution in [3.05, 3.63) is 0 Å². The van der Waals surface area contributed by atoms with Crippen LogP contribution in [0.25, 0.3) is 0 Å². The van der Waals surface area contributed by atoms with Crippen molar-refractivity contribution in [3.63, 3.8) is 0 Å². The molecular formula is C56H74F18O11. The highest BCUT2D eigenvalue weighted by Gasteiger charge is 2.78. The van der Waals surface area contributed by atoms with Crippen LogP contribution < -0.4 is 0 Å². The van der Waals surface area contributed by atoms with Crippen LogP contribution in [-0.2, 0) is 38.0 Å². The van der Waals surface area contributed by atoms with E-state index >= 15 is 57.5 Å². The molecule has 2 aliphatic heterocycles. The summed E-state index contributed by atoms with van der Waals surface area (Å²) >= 11 is 0. The van der Waals surface area contributed by atoms with Gasteiger partial charge in [0.1, 0.15) is 11.2 Å².